The molecule has 1 aliphatic rings. The van der Waals surface area contributed by atoms with Crippen LogP contribution in [-0.2, 0) is 4.79 Å². The second-order valence-corrected chi connectivity index (χ2v) is 4.43. The summed E-state index contributed by atoms with van der Waals surface area (Å²) < 4.78 is 0. The lowest BCUT2D eigenvalue weighted by Crippen LogP contribution is -2.36. The number of H-pyrrole nitrogens is 1. The van der Waals surface area contributed by atoms with E-state index in [-0.39, 0.29) is 6.04 Å². The molecule has 0 bridgehead atoms. The molecule has 0 amide bonds. The topological polar surface area (TPSA) is 56.3 Å². The van der Waals surface area contributed by atoms with Gasteiger partial charge < -0.3 is 15.0 Å². The van der Waals surface area contributed by atoms with Crippen LogP contribution >= 0.6 is 0 Å². The molecule has 88 valence electrons. The molecule has 1 saturated heterocycles. The standard InChI is InChI=1S/C13H14N2O2/c16-13(17)11-6-3-7-15(11)12-8-9-4-1-2-5-10(9)14-12/h1-2,4-5,8,11,14H,3,6-7H2,(H,16,17)/t11-/m0/s1. The van der Waals surface area contributed by atoms with Crippen LogP contribution in [0.2, 0.25) is 0 Å². The first kappa shape index (κ1) is 10.2. The molecule has 0 unspecified atom stereocenters. The van der Waals surface area contributed by atoms with Gasteiger partial charge in [0.2, 0.25) is 0 Å². The number of carbonyl (C=O) groups is 1. The number of anilines is 1. The van der Waals surface area contributed by atoms with Gasteiger partial charge in [-0.25, -0.2) is 4.79 Å². The van der Waals surface area contributed by atoms with Crippen LogP contribution in [0.1, 0.15) is 12.8 Å². The van der Waals surface area contributed by atoms with Gasteiger partial charge in [0.1, 0.15) is 11.9 Å². The Hall–Kier alpha value is -1.97. The Morgan fingerprint density at radius 3 is 3.00 bits per heavy atom. The zero-order valence-electron chi connectivity index (χ0n) is 9.39. The molecule has 0 aliphatic carbocycles. The van der Waals surface area contributed by atoms with Crippen LogP contribution < -0.4 is 4.90 Å². The largest absolute Gasteiger partial charge is 0.480 e. The van der Waals surface area contributed by atoms with Gasteiger partial charge in [0.15, 0.2) is 0 Å². The summed E-state index contributed by atoms with van der Waals surface area (Å²) in [6, 6.07) is 9.63. The fourth-order valence-corrected chi connectivity index (χ4v) is 2.52. The van der Waals surface area contributed by atoms with Gasteiger partial charge in [0.05, 0.1) is 0 Å². The van der Waals surface area contributed by atoms with E-state index in [1.807, 2.05) is 35.2 Å². The number of benzene rings is 1. The monoisotopic (exact) mass is 230 g/mol. The number of fused-ring (bicyclic) bond motifs is 1. The normalized spacial score (nSPS) is 20.0. The molecule has 0 radical (unpaired) electrons. The van der Waals surface area contributed by atoms with E-state index < -0.39 is 5.97 Å². The minimum absolute atomic E-state index is 0.386. The zero-order valence-corrected chi connectivity index (χ0v) is 9.39. The Labute approximate surface area is 98.9 Å². The summed E-state index contributed by atoms with van der Waals surface area (Å²) in [5, 5.41) is 10.3. The predicted octanol–water partition coefficient (Wildman–Crippen LogP) is 2.22. The van der Waals surface area contributed by atoms with Crippen LogP contribution in [0.25, 0.3) is 10.9 Å². The van der Waals surface area contributed by atoms with Crippen LogP contribution in [0.3, 0.4) is 0 Å². The van der Waals surface area contributed by atoms with Crippen molar-refractivity contribution in [2.75, 3.05) is 11.4 Å². The highest BCUT2D eigenvalue weighted by molar-refractivity contribution is 5.86. The molecule has 1 aliphatic heterocycles. The van der Waals surface area contributed by atoms with Crippen LogP contribution in [-0.4, -0.2) is 28.6 Å². The number of hydrogen-bond acceptors (Lipinski definition) is 2. The van der Waals surface area contributed by atoms with Crippen molar-refractivity contribution < 1.29 is 9.90 Å². The molecule has 2 heterocycles. The molecule has 1 aromatic heterocycles. The number of aromatic amines is 1. The molecule has 4 heteroatoms. The maximum absolute atomic E-state index is 11.1. The minimum Gasteiger partial charge on any atom is -0.480 e. The van der Waals surface area contributed by atoms with E-state index in [0.29, 0.717) is 0 Å². The molecule has 0 saturated carbocycles. The molecule has 3 rings (SSSR count). The quantitative estimate of drug-likeness (QED) is 0.831. The van der Waals surface area contributed by atoms with E-state index in [1.165, 1.54) is 0 Å². The Morgan fingerprint density at radius 1 is 1.41 bits per heavy atom. The molecule has 4 nitrogen and oxygen atoms in total. The number of para-hydroxylation sites is 1. The van der Waals surface area contributed by atoms with Gasteiger partial charge in [0.25, 0.3) is 0 Å². The molecule has 1 aromatic carbocycles. The van der Waals surface area contributed by atoms with Crippen LogP contribution in [0.15, 0.2) is 30.3 Å². The highest BCUT2D eigenvalue weighted by Crippen LogP contribution is 2.28. The first-order valence-corrected chi connectivity index (χ1v) is 5.83. The van der Waals surface area contributed by atoms with Crippen molar-refractivity contribution in [2.24, 2.45) is 0 Å². The van der Waals surface area contributed by atoms with Gasteiger partial charge in [-0.1, -0.05) is 18.2 Å². The molecule has 2 N–H and O–H groups in total. The smallest absolute Gasteiger partial charge is 0.326 e. The number of nitrogens with zero attached hydrogens (tertiary/aromatic N) is 1. The third-order valence-electron chi connectivity index (χ3n) is 3.36. The number of nitrogens with one attached hydrogen (secondary N) is 1. The molecule has 1 atom stereocenters. The number of rotatable bonds is 2. The Kier molecular flexibility index (Phi) is 2.28. The third kappa shape index (κ3) is 1.65. The zero-order chi connectivity index (χ0) is 11.8. The Bertz CT molecular complexity index is 528. The number of carboxylic acid groups (broad SMARTS) is 1. The third-order valence-corrected chi connectivity index (χ3v) is 3.36. The van der Waals surface area contributed by atoms with Crippen molar-refractivity contribution in [3.8, 4) is 0 Å². The van der Waals surface area contributed by atoms with Gasteiger partial charge >= 0.3 is 5.97 Å². The molecule has 2 aromatic rings. The van der Waals surface area contributed by atoms with Crippen molar-refractivity contribution in [1.82, 2.24) is 4.98 Å². The molecule has 1 fully saturated rings. The first-order valence-electron chi connectivity index (χ1n) is 5.83. The van der Waals surface area contributed by atoms with Gasteiger partial charge in [-0.2, -0.15) is 0 Å². The van der Waals surface area contributed by atoms with Crippen molar-refractivity contribution in [2.45, 2.75) is 18.9 Å². The van der Waals surface area contributed by atoms with Gasteiger partial charge in [-0.05, 0) is 25.0 Å². The van der Waals surface area contributed by atoms with Crippen molar-refractivity contribution in [3.63, 3.8) is 0 Å². The summed E-state index contributed by atoms with van der Waals surface area (Å²) in [5.74, 6) is 0.178. The number of carboxylic acids is 1. The summed E-state index contributed by atoms with van der Waals surface area (Å²) in [5.41, 5.74) is 1.05. The lowest BCUT2D eigenvalue weighted by atomic mass is 10.2. The van der Waals surface area contributed by atoms with Gasteiger partial charge in [-0.15, -0.1) is 0 Å². The number of aromatic nitrogens is 1. The summed E-state index contributed by atoms with van der Waals surface area (Å²) >= 11 is 0. The van der Waals surface area contributed by atoms with Crippen molar-refractivity contribution >= 4 is 22.7 Å². The summed E-state index contributed by atoms with van der Waals surface area (Å²) in [6.45, 7) is 0.809. The number of hydrogen-bond donors (Lipinski definition) is 2. The second kappa shape index (κ2) is 3.80. The lowest BCUT2D eigenvalue weighted by molar-refractivity contribution is -0.138. The van der Waals surface area contributed by atoms with E-state index in [0.717, 1.165) is 36.1 Å². The molecule has 17 heavy (non-hydrogen) atoms. The van der Waals surface area contributed by atoms with Crippen molar-refractivity contribution in [1.29, 1.82) is 0 Å². The van der Waals surface area contributed by atoms with E-state index in [1.54, 1.807) is 0 Å². The van der Waals surface area contributed by atoms with E-state index in [2.05, 4.69) is 4.98 Å². The highest BCUT2D eigenvalue weighted by Gasteiger charge is 2.31. The van der Waals surface area contributed by atoms with Gasteiger partial charge in [-0.3, -0.25) is 0 Å². The second-order valence-electron chi connectivity index (χ2n) is 4.43. The molecule has 0 spiro atoms. The average Bonchev–Trinajstić information content (AvgIpc) is 2.95. The first-order chi connectivity index (χ1) is 8.25. The summed E-state index contributed by atoms with van der Waals surface area (Å²) in [7, 11) is 0. The van der Waals surface area contributed by atoms with Crippen LogP contribution in [0.5, 0.6) is 0 Å². The Morgan fingerprint density at radius 2 is 2.24 bits per heavy atom. The van der Waals surface area contributed by atoms with Crippen LogP contribution in [0, 0.1) is 0 Å². The fraction of sp³-hybridized carbons (Fsp3) is 0.308. The molecular weight excluding hydrogens is 216 g/mol. The van der Waals surface area contributed by atoms with Crippen molar-refractivity contribution in [3.05, 3.63) is 30.3 Å². The summed E-state index contributed by atoms with van der Waals surface area (Å²) in [6.07, 6.45) is 1.66. The summed E-state index contributed by atoms with van der Waals surface area (Å²) in [4.78, 5) is 16.4. The van der Waals surface area contributed by atoms with E-state index >= 15 is 0 Å². The van der Waals surface area contributed by atoms with Crippen LogP contribution in [0.4, 0.5) is 5.82 Å². The molecular formula is C13H14N2O2. The maximum Gasteiger partial charge on any atom is 0.326 e. The van der Waals surface area contributed by atoms with E-state index in [9.17, 15) is 4.79 Å². The lowest BCUT2D eigenvalue weighted by Gasteiger charge is -2.21. The SMILES string of the molecule is O=C(O)[C@@H]1CCCN1c1cc2ccccc2[nH]1. The van der Waals surface area contributed by atoms with E-state index in [4.69, 9.17) is 5.11 Å². The highest BCUT2D eigenvalue weighted by atomic mass is 16.4. The van der Waals surface area contributed by atoms with Gasteiger partial charge in [0, 0.05) is 17.4 Å². The predicted molar refractivity (Wildman–Crippen MR) is 66.3 cm³/mol. The average molecular weight is 230 g/mol. The fourth-order valence-electron chi connectivity index (χ4n) is 2.52. The number of aliphatic carboxylic acids is 1. The Balaban J connectivity index is 2.00. The minimum atomic E-state index is -0.735. The maximum atomic E-state index is 11.1.